The number of anilines is 1. The van der Waals surface area contributed by atoms with Crippen molar-refractivity contribution in [3.05, 3.63) is 53.6 Å². The van der Waals surface area contributed by atoms with Gasteiger partial charge in [0.1, 0.15) is 5.56 Å². The van der Waals surface area contributed by atoms with Crippen molar-refractivity contribution in [2.24, 2.45) is 0 Å². The summed E-state index contributed by atoms with van der Waals surface area (Å²) in [5, 5.41) is 12.8. The number of benzene rings is 2. The van der Waals surface area contributed by atoms with Crippen molar-refractivity contribution >= 4 is 23.3 Å². The first-order valence-corrected chi connectivity index (χ1v) is 8.88. The number of amides is 1. The molecule has 7 nitrogen and oxygen atoms in total. The number of hydrogen-bond acceptors (Lipinski definition) is 6. The molecule has 2 N–H and O–H groups in total. The van der Waals surface area contributed by atoms with Crippen LogP contribution >= 0.6 is 0 Å². The standard InChI is InChI=1S/C21H23NO6/c1-4-6-18(23)22-15-11-9-14(10-12-15)19(24)13(2)28-21(26)16-7-5-8-17(27-3)20(16)25/h5,7-13,25H,4,6H2,1-3H3,(H,22,23). The molecule has 0 saturated heterocycles. The number of esters is 1. The number of carbonyl (C=O) groups excluding carboxylic acids is 3. The van der Waals surface area contributed by atoms with Crippen LogP contribution in [0, 0.1) is 0 Å². The number of rotatable bonds is 8. The van der Waals surface area contributed by atoms with Crippen LogP contribution in [0.25, 0.3) is 0 Å². The Kier molecular flexibility index (Phi) is 7.14. The van der Waals surface area contributed by atoms with E-state index in [0.717, 1.165) is 6.42 Å². The van der Waals surface area contributed by atoms with Crippen molar-refractivity contribution in [3.63, 3.8) is 0 Å². The zero-order valence-corrected chi connectivity index (χ0v) is 16.0. The lowest BCUT2D eigenvalue weighted by molar-refractivity contribution is -0.116. The van der Waals surface area contributed by atoms with Gasteiger partial charge in [-0.2, -0.15) is 0 Å². The molecule has 0 saturated carbocycles. The lowest BCUT2D eigenvalue weighted by Crippen LogP contribution is -2.24. The van der Waals surface area contributed by atoms with Crippen LogP contribution in [0.2, 0.25) is 0 Å². The second kappa shape index (κ2) is 9.55. The number of carbonyl (C=O) groups is 3. The number of aromatic hydroxyl groups is 1. The second-order valence-electron chi connectivity index (χ2n) is 6.14. The van der Waals surface area contributed by atoms with E-state index in [-0.39, 0.29) is 23.0 Å². The molecule has 148 valence electrons. The Labute approximate surface area is 163 Å². The third kappa shape index (κ3) is 5.09. The van der Waals surface area contributed by atoms with E-state index in [9.17, 15) is 19.5 Å². The van der Waals surface area contributed by atoms with Crippen LogP contribution in [0.15, 0.2) is 42.5 Å². The van der Waals surface area contributed by atoms with Gasteiger partial charge >= 0.3 is 5.97 Å². The smallest absolute Gasteiger partial charge is 0.342 e. The van der Waals surface area contributed by atoms with Gasteiger partial charge in [-0.05, 0) is 49.7 Å². The number of phenols is 1. The maximum Gasteiger partial charge on any atom is 0.342 e. The number of phenolic OH excluding ortho intramolecular Hbond substituents is 1. The number of ketones is 1. The van der Waals surface area contributed by atoms with Gasteiger partial charge in [0.2, 0.25) is 11.7 Å². The first-order valence-electron chi connectivity index (χ1n) is 8.88. The van der Waals surface area contributed by atoms with E-state index in [0.29, 0.717) is 17.7 Å². The van der Waals surface area contributed by atoms with Crippen LogP contribution in [0.3, 0.4) is 0 Å². The fraction of sp³-hybridized carbons (Fsp3) is 0.286. The number of Topliss-reactive ketones (excluding diaryl/α,β-unsaturated/α-hetero) is 1. The van der Waals surface area contributed by atoms with Gasteiger partial charge in [-0.3, -0.25) is 9.59 Å². The predicted octanol–water partition coefficient (Wildman–Crippen LogP) is 3.57. The Hall–Kier alpha value is -3.35. The molecule has 1 amide bonds. The van der Waals surface area contributed by atoms with Gasteiger partial charge in [0, 0.05) is 17.7 Å². The predicted molar refractivity (Wildman–Crippen MR) is 104 cm³/mol. The van der Waals surface area contributed by atoms with Gasteiger partial charge in [-0.15, -0.1) is 0 Å². The van der Waals surface area contributed by atoms with Crippen LogP contribution in [-0.4, -0.2) is 36.0 Å². The Bertz CT molecular complexity index is 860. The van der Waals surface area contributed by atoms with Gasteiger partial charge in [0.25, 0.3) is 0 Å². The largest absolute Gasteiger partial charge is 0.504 e. The zero-order valence-electron chi connectivity index (χ0n) is 16.0. The summed E-state index contributed by atoms with van der Waals surface area (Å²) in [5.74, 6) is -1.54. The first-order chi connectivity index (χ1) is 13.4. The molecule has 0 aliphatic carbocycles. The van der Waals surface area contributed by atoms with Crippen molar-refractivity contribution in [1.29, 1.82) is 0 Å². The van der Waals surface area contributed by atoms with Crippen LogP contribution in [0.1, 0.15) is 47.4 Å². The summed E-state index contributed by atoms with van der Waals surface area (Å²) in [5.41, 5.74) is 0.831. The summed E-state index contributed by atoms with van der Waals surface area (Å²) in [6.07, 6.45) is 0.109. The molecular formula is C21H23NO6. The van der Waals surface area contributed by atoms with Crippen molar-refractivity contribution in [2.75, 3.05) is 12.4 Å². The number of hydrogen-bond donors (Lipinski definition) is 2. The fourth-order valence-electron chi connectivity index (χ4n) is 2.53. The number of nitrogens with one attached hydrogen (secondary N) is 1. The molecule has 2 aromatic rings. The average molecular weight is 385 g/mol. The van der Waals surface area contributed by atoms with Gasteiger partial charge in [-0.1, -0.05) is 13.0 Å². The van der Waals surface area contributed by atoms with Crippen LogP contribution in [0.4, 0.5) is 5.69 Å². The lowest BCUT2D eigenvalue weighted by atomic mass is 10.1. The number of methoxy groups -OCH3 is 1. The molecule has 0 aliphatic heterocycles. The maximum absolute atomic E-state index is 12.5. The van der Waals surface area contributed by atoms with Gasteiger partial charge in [0.15, 0.2) is 17.6 Å². The van der Waals surface area contributed by atoms with E-state index >= 15 is 0 Å². The molecule has 7 heteroatoms. The minimum Gasteiger partial charge on any atom is -0.504 e. The Morgan fingerprint density at radius 3 is 2.39 bits per heavy atom. The molecule has 1 unspecified atom stereocenters. The Morgan fingerprint density at radius 2 is 1.79 bits per heavy atom. The first kappa shape index (κ1) is 21.0. The van der Waals surface area contributed by atoms with Gasteiger partial charge in [0.05, 0.1) is 7.11 Å². The molecule has 0 fully saturated rings. The maximum atomic E-state index is 12.5. The highest BCUT2D eigenvalue weighted by atomic mass is 16.5. The number of ether oxygens (including phenoxy) is 2. The normalized spacial score (nSPS) is 11.4. The van der Waals surface area contributed by atoms with Crippen molar-refractivity contribution in [1.82, 2.24) is 0 Å². The minimum absolute atomic E-state index is 0.0898. The minimum atomic E-state index is -1.06. The average Bonchev–Trinajstić information content (AvgIpc) is 2.68. The van der Waals surface area contributed by atoms with Crippen molar-refractivity contribution in [2.45, 2.75) is 32.8 Å². The fourth-order valence-corrected chi connectivity index (χ4v) is 2.53. The van der Waals surface area contributed by atoms with Crippen molar-refractivity contribution < 1.29 is 29.0 Å². The molecule has 2 aromatic carbocycles. The molecule has 0 spiro atoms. The van der Waals surface area contributed by atoms with E-state index in [4.69, 9.17) is 9.47 Å². The van der Waals surface area contributed by atoms with E-state index in [1.807, 2.05) is 6.92 Å². The summed E-state index contributed by atoms with van der Waals surface area (Å²) in [7, 11) is 1.37. The molecule has 0 heterocycles. The quantitative estimate of drug-likeness (QED) is 0.532. The molecule has 2 rings (SSSR count). The third-order valence-corrected chi connectivity index (χ3v) is 4.02. The van der Waals surface area contributed by atoms with E-state index in [1.165, 1.54) is 32.2 Å². The van der Waals surface area contributed by atoms with Crippen molar-refractivity contribution in [3.8, 4) is 11.5 Å². The monoisotopic (exact) mass is 385 g/mol. The molecule has 1 atom stereocenters. The van der Waals surface area contributed by atoms with E-state index in [2.05, 4.69) is 5.32 Å². The van der Waals surface area contributed by atoms with Crippen LogP contribution in [-0.2, 0) is 9.53 Å². The molecule has 0 radical (unpaired) electrons. The Balaban J connectivity index is 2.04. The molecule has 28 heavy (non-hydrogen) atoms. The topological polar surface area (TPSA) is 102 Å². The summed E-state index contributed by atoms with van der Waals surface area (Å²) >= 11 is 0. The number of para-hydroxylation sites is 1. The van der Waals surface area contributed by atoms with E-state index < -0.39 is 17.9 Å². The van der Waals surface area contributed by atoms with Gasteiger partial charge < -0.3 is 19.9 Å². The highest BCUT2D eigenvalue weighted by Gasteiger charge is 2.23. The summed E-state index contributed by atoms with van der Waals surface area (Å²) in [6, 6.07) is 10.8. The van der Waals surface area contributed by atoms with E-state index in [1.54, 1.807) is 24.3 Å². The second-order valence-corrected chi connectivity index (χ2v) is 6.14. The molecule has 0 bridgehead atoms. The Morgan fingerprint density at radius 1 is 1.11 bits per heavy atom. The highest BCUT2D eigenvalue weighted by molar-refractivity contribution is 6.02. The summed E-state index contributed by atoms with van der Waals surface area (Å²) in [6.45, 7) is 3.36. The highest BCUT2D eigenvalue weighted by Crippen LogP contribution is 2.30. The summed E-state index contributed by atoms with van der Waals surface area (Å²) < 4.78 is 10.1. The van der Waals surface area contributed by atoms with Crippen LogP contribution < -0.4 is 10.1 Å². The summed E-state index contributed by atoms with van der Waals surface area (Å²) in [4.78, 5) is 36.4. The third-order valence-electron chi connectivity index (χ3n) is 4.02. The zero-order chi connectivity index (χ0) is 20.7. The lowest BCUT2D eigenvalue weighted by Gasteiger charge is -2.14. The SMILES string of the molecule is CCCC(=O)Nc1ccc(C(=O)C(C)OC(=O)c2cccc(OC)c2O)cc1. The molecule has 0 aliphatic rings. The van der Waals surface area contributed by atoms with Gasteiger partial charge in [-0.25, -0.2) is 4.79 Å². The van der Waals surface area contributed by atoms with Crippen LogP contribution in [0.5, 0.6) is 11.5 Å². The molecule has 0 aromatic heterocycles. The molecular weight excluding hydrogens is 362 g/mol.